The summed E-state index contributed by atoms with van der Waals surface area (Å²) >= 11 is 0. The Kier molecular flexibility index (Phi) is 3.96. The van der Waals surface area contributed by atoms with E-state index in [0.717, 1.165) is 12.1 Å². The van der Waals surface area contributed by atoms with Crippen LogP contribution in [-0.2, 0) is 10.0 Å². The lowest BCUT2D eigenvalue weighted by atomic mass is 10.2. The molecule has 1 saturated heterocycles. The summed E-state index contributed by atoms with van der Waals surface area (Å²) in [7, 11) is -1.28. The topological polar surface area (TPSA) is 83.8 Å². The molecule has 0 saturated carbocycles. The minimum Gasteiger partial charge on any atom is -0.370 e. The van der Waals surface area contributed by atoms with Crippen molar-refractivity contribution in [2.75, 3.05) is 31.3 Å². The van der Waals surface area contributed by atoms with Crippen LogP contribution in [0.25, 0.3) is 0 Å². The minimum absolute atomic E-state index is 0.0475. The monoisotopic (exact) mass is 299 g/mol. The molecule has 0 spiro atoms. The van der Waals surface area contributed by atoms with Crippen molar-refractivity contribution in [2.24, 2.45) is 0 Å². The van der Waals surface area contributed by atoms with Crippen molar-refractivity contribution < 1.29 is 13.3 Å². The predicted octanol–water partition coefficient (Wildman–Crippen LogP) is 1.06. The minimum atomic E-state index is -3.15. The van der Waals surface area contributed by atoms with Gasteiger partial charge in [0.1, 0.15) is 0 Å². The van der Waals surface area contributed by atoms with Crippen LogP contribution in [0.1, 0.15) is 6.42 Å². The predicted molar refractivity (Wildman–Crippen MR) is 76.3 cm³/mol. The molecule has 0 aromatic heterocycles. The van der Waals surface area contributed by atoms with Gasteiger partial charge in [0, 0.05) is 44.0 Å². The summed E-state index contributed by atoms with van der Waals surface area (Å²) in [5.41, 5.74) is 0.891. The molecular formula is C12H17N3O4S. The molecule has 0 aliphatic carbocycles. The molecule has 1 aliphatic rings. The van der Waals surface area contributed by atoms with Gasteiger partial charge in [-0.3, -0.25) is 10.1 Å². The highest BCUT2D eigenvalue weighted by Crippen LogP contribution is 2.24. The molecule has 0 radical (unpaired) electrons. The van der Waals surface area contributed by atoms with Gasteiger partial charge in [0.05, 0.1) is 11.2 Å². The van der Waals surface area contributed by atoms with Gasteiger partial charge in [-0.05, 0) is 18.6 Å². The number of nitro benzene ring substituents is 1. The number of nitro groups is 1. The molecule has 0 N–H and O–H groups in total. The van der Waals surface area contributed by atoms with Gasteiger partial charge in [0.25, 0.3) is 5.69 Å². The quantitative estimate of drug-likeness (QED) is 0.613. The van der Waals surface area contributed by atoms with E-state index in [4.69, 9.17) is 0 Å². The van der Waals surface area contributed by atoms with Crippen LogP contribution in [-0.4, -0.2) is 50.1 Å². The number of rotatable bonds is 4. The standard InChI is InChI=1S/C12H17N3O4S/c1-13(10-3-5-11(6-4-10)15(16)17)12-7-8-14(9-12)20(2,18)19/h3-6,12H,7-9H2,1-2H3. The summed E-state index contributed by atoms with van der Waals surface area (Å²) in [6, 6.07) is 6.36. The molecule has 8 heteroatoms. The summed E-state index contributed by atoms with van der Waals surface area (Å²) in [6.07, 6.45) is 1.96. The average Bonchev–Trinajstić information content (AvgIpc) is 2.87. The molecule has 1 atom stereocenters. The Hall–Kier alpha value is -1.67. The molecule has 110 valence electrons. The Morgan fingerprint density at radius 2 is 1.95 bits per heavy atom. The van der Waals surface area contributed by atoms with E-state index in [-0.39, 0.29) is 11.7 Å². The van der Waals surface area contributed by atoms with Crippen LogP contribution in [0.3, 0.4) is 0 Å². The van der Waals surface area contributed by atoms with Crippen LogP contribution in [0.5, 0.6) is 0 Å². The summed E-state index contributed by atoms with van der Waals surface area (Å²) in [6.45, 7) is 0.965. The molecule has 1 unspecified atom stereocenters. The van der Waals surface area contributed by atoms with Gasteiger partial charge in [-0.1, -0.05) is 0 Å². The lowest BCUT2D eigenvalue weighted by Gasteiger charge is -2.26. The highest BCUT2D eigenvalue weighted by atomic mass is 32.2. The largest absolute Gasteiger partial charge is 0.370 e. The second kappa shape index (κ2) is 5.37. The maximum atomic E-state index is 11.5. The lowest BCUT2D eigenvalue weighted by molar-refractivity contribution is -0.384. The zero-order valence-corrected chi connectivity index (χ0v) is 12.2. The fraction of sp³-hybridized carbons (Fsp3) is 0.500. The smallest absolute Gasteiger partial charge is 0.269 e. The fourth-order valence-corrected chi connectivity index (χ4v) is 3.23. The van der Waals surface area contributed by atoms with Crippen LogP contribution >= 0.6 is 0 Å². The Bertz CT molecular complexity index is 600. The highest BCUT2D eigenvalue weighted by molar-refractivity contribution is 7.88. The van der Waals surface area contributed by atoms with Crippen molar-refractivity contribution in [2.45, 2.75) is 12.5 Å². The molecule has 1 aromatic rings. The number of nitrogens with zero attached hydrogens (tertiary/aromatic N) is 3. The van der Waals surface area contributed by atoms with Crippen molar-refractivity contribution in [3.63, 3.8) is 0 Å². The van der Waals surface area contributed by atoms with Crippen molar-refractivity contribution in [3.05, 3.63) is 34.4 Å². The molecule has 0 amide bonds. The van der Waals surface area contributed by atoms with Gasteiger partial charge in [0.2, 0.25) is 10.0 Å². The van der Waals surface area contributed by atoms with Gasteiger partial charge < -0.3 is 4.90 Å². The lowest BCUT2D eigenvalue weighted by Crippen LogP contribution is -2.36. The summed E-state index contributed by atoms with van der Waals surface area (Å²) in [5, 5.41) is 10.6. The second-order valence-electron chi connectivity index (χ2n) is 4.95. The number of hydrogen-bond donors (Lipinski definition) is 0. The number of non-ortho nitro benzene ring substituents is 1. The molecule has 20 heavy (non-hydrogen) atoms. The maximum Gasteiger partial charge on any atom is 0.269 e. The Morgan fingerprint density at radius 3 is 2.40 bits per heavy atom. The van der Waals surface area contributed by atoms with Crippen LogP contribution in [0, 0.1) is 10.1 Å². The van der Waals surface area contributed by atoms with E-state index in [1.165, 1.54) is 22.7 Å². The molecule has 0 bridgehead atoms. The summed E-state index contributed by atoms with van der Waals surface area (Å²) < 4.78 is 24.4. The van der Waals surface area contributed by atoms with E-state index in [1.54, 1.807) is 12.1 Å². The number of benzene rings is 1. The van der Waals surface area contributed by atoms with Crippen LogP contribution in [0.2, 0.25) is 0 Å². The first-order valence-electron chi connectivity index (χ1n) is 6.21. The van der Waals surface area contributed by atoms with E-state index >= 15 is 0 Å². The van der Waals surface area contributed by atoms with E-state index in [1.807, 2.05) is 11.9 Å². The second-order valence-corrected chi connectivity index (χ2v) is 6.93. The van der Waals surface area contributed by atoms with Gasteiger partial charge in [-0.2, -0.15) is 0 Å². The van der Waals surface area contributed by atoms with E-state index in [2.05, 4.69) is 0 Å². The fourth-order valence-electron chi connectivity index (χ4n) is 2.35. The summed E-state index contributed by atoms with van der Waals surface area (Å²) in [5.74, 6) is 0. The van der Waals surface area contributed by atoms with Crippen molar-refractivity contribution in [1.29, 1.82) is 0 Å². The third kappa shape index (κ3) is 3.07. The van der Waals surface area contributed by atoms with Gasteiger partial charge in [-0.25, -0.2) is 12.7 Å². The molecule has 7 nitrogen and oxygen atoms in total. The molecule has 1 heterocycles. The van der Waals surface area contributed by atoms with Gasteiger partial charge in [0.15, 0.2) is 0 Å². The van der Waals surface area contributed by atoms with E-state index < -0.39 is 14.9 Å². The first kappa shape index (κ1) is 14.7. The van der Waals surface area contributed by atoms with Crippen molar-refractivity contribution in [1.82, 2.24) is 4.31 Å². The first-order chi connectivity index (χ1) is 9.29. The molecular weight excluding hydrogens is 282 g/mol. The first-order valence-corrected chi connectivity index (χ1v) is 8.06. The number of likely N-dealkylation sites (N-methyl/N-ethyl adjacent to an activating group) is 1. The van der Waals surface area contributed by atoms with Crippen LogP contribution in [0.15, 0.2) is 24.3 Å². The Labute approximate surface area is 118 Å². The molecule has 1 aromatic carbocycles. The Morgan fingerprint density at radius 1 is 1.35 bits per heavy atom. The van der Waals surface area contributed by atoms with Crippen molar-refractivity contribution in [3.8, 4) is 0 Å². The molecule has 1 fully saturated rings. The van der Waals surface area contributed by atoms with Gasteiger partial charge in [-0.15, -0.1) is 0 Å². The number of hydrogen-bond acceptors (Lipinski definition) is 5. The zero-order chi connectivity index (χ0) is 14.9. The normalized spacial score (nSPS) is 20.0. The zero-order valence-electron chi connectivity index (χ0n) is 11.4. The highest BCUT2D eigenvalue weighted by Gasteiger charge is 2.31. The van der Waals surface area contributed by atoms with Crippen LogP contribution < -0.4 is 4.90 Å². The molecule has 2 rings (SSSR count). The third-order valence-corrected chi connectivity index (χ3v) is 4.88. The maximum absolute atomic E-state index is 11.5. The van der Waals surface area contributed by atoms with Crippen LogP contribution in [0.4, 0.5) is 11.4 Å². The van der Waals surface area contributed by atoms with Gasteiger partial charge >= 0.3 is 0 Å². The Balaban J connectivity index is 2.09. The van der Waals surface area contributed by atoms with E-state index in [0.29, 0.717) is 13.1 Å². The average molecular weight is 299 g/mol. The third-order valence-electron chi connectivity index (χ3n) is 3.61. The summed E-state index contributed by atoms with van der Waals surface area (Å²) in [4.78, 5) is 12.1. The molecule has 1 aliphatic heterocycles. The number of sulfonamides is 1. The van der Waals surface area contributed by atoms with Crippen molar-refractivity contribution >= 4 is 21.4 Å². The SMILES string of the molecule is CN(c1ccc([N+](=O)[O-])cc1)C1CCN(S(C)(=O)=O)C1. The van der Waals surface area contributed by atoms with E-state index in [9.17, 15) is 18.5 Å². The number of anilines is 1.